The molecule has 122 valence electrons. The third kappa shape index (κ3) is 2.46. The van der Waals surface area contributed by atoms with Crippen molar-refractivity contribution < 1.29 is 9.18 Å². The smallest absolute Gasteiger partial charge is 0.254 e. The summed E-state index contributed by atoms with van der Waals surface area (Å²) in [7, 11) is 1.94. The number of hydrogen-bond donors (Lipinski definition) is 0. The molecule has 0 aliphatic carbocycles. The molecule has 1 aliphatic rings. The van der Waals surface area contributed by atoms with Gasteiger partial charge in [0.1, 0.15) is 5.82 Å². The van der Waals surface area contributed by atoms with E-state index in [0.29, 0.717) is 16.5 Å². The van der Waals surface area contributed by atoms with Crippen molar-refractivity contribution in [1.29, 1.82) is 0 Å². The monoisotopic (exact) mass is 323 g/mol. The molecule has 1 amide bonds. The maximum Gasteiger partial charge on any atom is 0.254 e. The van der Waals surface area contributed by atoms with E-state index in [0.717, 1.165) is 37.3 Å². The lowest BCUT2D eigenvalue weighted by Crippen LogP contribution is -2.28. The second-order valence-electron chi connectivity index (χ2n) is 6.22. The number of benzene rings is 1. The van der Waals surface area contributed by atoms with E-state index in [1.807, 2.05) is 34.8 Å². The summed E-state index contributed by atoms with van der Waals surface area (Å²) in [6, 6.07) is 10.1. The normalized spacial score (nSPS) is 14.5. The third-order valence-corrected chi connectivity index (χ3v) is 4.60. The van der Waals surface area contributed by atoms with Gasteiger partial charge in [-0.2, -0.15) is 0 Å². The van der Waals surface area contributed by atoms with Crippen molar-refractivity contribution >= 4 is 16.8 Å². The van der Waals surface area contributed by atoms with Crippen LogP contribution in [0.25, 0.3) is 22.3 Å². The van der Waals surface area contributed by atoms with E-state index in [1.165, 1.54) is 12.1 Å². The molecule has 3 aromatic rings. The molecular formula is C19H18FN3O. The van der Waals surface area contributed by atoms with Crippen molar-refractivity contribution in [3.8, 4) is 11.4 Å². The predicted octanol–water partition coefficient (Wildman–Crippen LogP) is 3.62. The van der Waals surface area contributed by atoms with Crippen LogP contribution in [0.1, 0.15) is 23.2 Å². The zero-order valence-electron chi connectivity index (χ0n) is 13.5. The Kier molecular flexibility index (Phi) is 3.56. The van der Waals surface area contributed by atoms with E-state index in [4.69, 9.17) is 0 Å². The summed E-state index contributed by atoms with van der Waals surface area (Å²) in [5.41, 5.74) is 2.82. The summed E-state index contributed by atoms with van der Waals surface area (Å²) in [5, 5.41) is 0.574. The Bertz CT molecular complexity index is 926. The molecule has 0 bridgehead atoms. The molecule has 0 saturated carbocycles. The molecule has 0 radical (unpaired) electrons. The number of rotatable bonds is 2. The predicted molar refractivity (Wildman–Crippen MR) is 91.2 cm³/mol. The van der Waals surface area contributed by atoms with Crippen LogP contribution in [-0.2, 0) is 7.05 Å². The number of pyridine rings is 1. The highest BCUT2D eigenvalue weighted by Crippen LogP contribution is 2.27. The zero-order chi connectivity index (χ0) is 16.7. The Labute approximate surface area is 139 Å². The average molecular weight is 323 g/mol. The molecular weight excluding hydrogens is 305 g/mol. The maximum absolute atomic E-state index is 13.7. The van der Waals surface area contributed by atoms with Crippen molar-refractivity contribution in [2.45, 2.75) is 12.8 Å². The SMILES string of the molecule is Cn1cccc1-c1cc(C(=O)N2CCCC2)c2cc(F)ccc2n1. The van der Waals surface area contributed by atoms with Gasteiger partial charge in [0.2, 0.25) is 0 Å². The molecule has 1 aromatic carbocycles. The summed E-state index contributed by atoms with van der Waals surface area (Å²) in [4.78, 5) is 19.4. The second kappa shape index (κ2) is 5.74. The summed E-state index contributed by atoms with van der Waals surface area (Å²) in [6.07, 6.45) is 3.98. The highest BCUT2D eigenvalue weighted by molar-refractivity contribution is 6.07. The number of aromatic nitrogens is 2. The molecule has 5 heteroatoms. The second-order valence-corrected chi connectivity index (χ2v) is 6.22. The molecule has 4 nitrogen and oxygen atoms in total. The minimum Gasteiger partial charge on any atom is -0.349 e. The molecule has 2 aromatic heterocycles. The Morgan fingerprint density at radius 1 is 1.17 bits per heavy atom. The average Bonchev–Trinajstić information content (AvgIpc) is 3.25. The molecule has 4 rings (SSSR count). The topological polar surface area (TPSA) is 38.1 Å². The number of aryl methyl sites for hydroxylation is 1. The van der Waals surface area contributed by atoms with Crippen LogP contribution >= 0.6 is 0 Å². The summed E-state index contributed by atoms with van der Waals surface area (Å²) >= 11 is 0. The molecule has 1 aliphatic heterocycles. The molecule has 0 atom stereocenters. The summed E-state index contributed by atoms with van der Waals surface area (Å²) in [6.45, 7) is 1.52. The lowest BCUT2D eigenvalue weighted by atomic mass is 10.0. The van der Waals surface area contributed by atoms with E-state index in [-0.39, 0.29) is 11.7 Å². The number of likely N-dealkylation sites (tertiary alicyclic amines) is 1. The van der Waals surface area contributed by atoms with Crippen LogP contribution in [0.5, 0.6) is 0 Å². The van der Waals surface area contributed by atoms with Crippen LogP contribution in [-0.4, -0.2) is 33.4 Å². The van der Waals surface area contributed by atoms with Crippen LogP contribution in [0, 0.1) is 5.82 Å². The highest BCUT2D eigenvalue weighted by atomic mass is 19.1. The van der Waals surface area contributed by atoms with E-state index >= 15 is 0 Å². The molecule has 3 heterocycles. The number of fused-ring (bicyclic) bond motifs is 1. The van der Waals surface area contributed by atoms with Crippen molar-refractivity contribution in [3.63, 3.8) is 0 Å². The Hall–Kier alpha value is -2.69. The minimum atomic E-state index is -0.355. The van der Waals surface area contributed by atoms with Gasteiger partial charge in [-0.25, -0.2) is 9.37 Å². The Balaban J connectivity index is 1.93. The van der Waals surface area contributed by atoms with Crippen molar-refractivity contribution in [2.75, 3.05) is 13.1 Å². The lowest BCUT2D eigenvalue weighted by molar-refractivity contribution is 0.0794. The molecule has 0 spiro atoms. The molecule has 24 heavy (non-hydrogen) atoms. The van der Waals surface area contributed by atoms with Gasteiger partial charge in [0, 0.05) is 31.7 Å². The standard InChI is InChI=1S/C19H18FN3O/c1-22-8-4-5-18(22)17-12-15(19(24)23-9-2-3-10-23)14-11-13(20)6-7-16(14)21-17/h4-8,11-12H,2-3,9-10H2,1H3. The first-order chi connectivity index (χ1) is 11.6. The molecule has 0 N–H and O–H groups in total. The summed E-state index contributed by atoms with van der Waals surface area (Å²) < 4.78 is 15.7. The number of nitrogens with zero attached hydrogens (tertiary/aromatic N) is 3. The van der Waals surface area contributed by atoms with Gasteiger partial charge in [0.25, 0.3) is 5.91 Å². The van der Waals surface area contributed by atoms with E-state index in [1.54, 1.807) is 12.1 Å². The van der Waals surface area contributed by atoms with Crippen LogP contribution in [0.3, 0.4) is 0 Å². The number of carbonyl (C=O) groups is 1. The van der Waals surface area contributed by atoms with Gasteiger partial charge in [-0.1, -0.05) is 0 Å². The van der Waals surface area contributed by atoms with Gasteiger partial charge >= 0.3 is 0 Å². The van der Waals surface area contributed by atoms with Gasteiger partial charge < -0.3 is 9.47 Å². The van der Waals surface area contributed by atoms with E-state index < -0.39 is 0 Å². The Morgan fingerprint density at radius 3 is 2.67 bits per heavy atom. The van der Waals surface area contributed by atoms with Crippen molar-refractivity contribution in [1.82, 2.24) is 14.5 Å². The fourth-order valence-corrected chi connectivity index (χ4v) is 3.32. The molecule has 1 fully saturated rings. The van der Waals surface area contributed by atoms with Crippen LogP contribution in [0.15, 0.2) is 42.6 Å². The third-order valence-electron chi connectivity index (χ3n) is 4.60. The zero-order valence-corrected chi connectivity index (χ0v) is 13.5. The minimum absolute atomic E-state index is 0.0408. The van der Waals surface area contributed by atoms with Crippen LogP contribution < -0.4 is 0 Å². The van der Waals surface area contributed by atoms with E-state index in [9.17, 15) is 9.18 Å². The van der Waals surface area contributed by atoms with Gasteiger partial charge in [0.15, 0.2) is 0 Å². The van der Waals surface area contributed by atoms with Gasteiger partial charge in [-0.3, -0.25) is 4.79 Å². The van der Waals surface area contributed by atoms with Crippen molar-refractivity contribution in [2.24, 2.45) is 7.05 Å². The van der Waals surface area contributed by atoms with Crippen LogP contribution in [0.4, 0.5) is 4.39 Å². The first-order valence-corrected chi connectivity index (χ1v) is 8.15. The quantitative estimate of drug-likeness (QED) is 0.722. The number of carbonyl (C=O) groups excluding carboxylic acids is 1. The van der Waals surface area contributed by atoms with Crippen LogP contribution in [0.2, 0.25) is 0 Å². The lowest BCUT2D eigenvalue weighted by Gasteiger charge is -2.17. The molecule has 0 unspecified atom stereocenters. The fourth-order valence-electron chi connectivity index (χ4n) is 3.32. The summed E-state index contributed by atoms with van der Waals surface area (Å²) in [5.74, 6) is -0.396. The number of hydrogen-bond acceptors (Lipinski definition) is 2. The van der Waals surface area contributed by atoms with Gasteiger partial charge in [-0.05, 0) is 49.2 Å². The first-order valence-electron chi connectivity index (χ1n) is 8.15. The first kappa shape index (κ1) is 14.9. The van der Waals surface area contributed by atoms with Crippen molar-refractivity contribution in [3.05, 3.63) is 54.0 Å². The number of amides is 1. The van der Waals surface area contributed by atoms with E-state index in [2.05, 4.69) is 4.98 Å². The molecule has 1 saturated heterocycles. The maximum atomic E-state index is 13.7. The highest BCUT2D eigenvalue weighted by Gasteiger charge is 2.23. The van der Waals surface area contributed by atoms with Gasteiger partial charge in [0.05, 0.1) is 22.5 Å². The largest absolute Gasteiger partial charge is 0.349 e. The number of halogens is 1. The van der Waals surface area contributed by atoms with Gasteiger partial charge in [-0.15, -0.1) is 0 Å². The Morgan fingerprint density at radius 2 is 1.96 bits per heavy atom. The fraction of sp³-hybridized carbons (Fsp3) is 0.263.